The van der Waals surface area contributed by atoms with Gasteiger partial charge in [0.1, 0.15) is 17.3 Å². The summed E-state index contributed by atoms with van der Waals surface area (Å²) in [4.78, 5) is 1.39. The maximum Gasteiger partial charge on any atom is 0.461 e. The second-order valence-electron chi connectivity index (χ2n) is 7.90. The maximum atomic E-state index is 13.3. The molecule has 1 N–H and O–H groups in total. The number of aliphatic hydroxyl groups excluding tert-OH is 1. The molecule has 0 radical (unpaired) electrons. The van der Waals surface area contributed by atoms with Gasteiger partial charge >= 0.3 is 18.7 Å². The minimum Gasteiger partial charge on any atom is -0.455 e. The van der Waals surface area contributed by atoms with Crippen molar-refractivity contribution >= 4 is 5.69 Å². The molecule has 0 saturated carbocycles. The molecule has 200 valence electrons. The standard InChI is InChI=1S/C25H21F8NO3/c26-17-8-10-18(11-9-17)36-21-7-2-1-6-20(21)34(13-12-22(35)24(29,30)31)15-16-4-3-5-19(14-16)37-25(32,33)23(27)28/h1-11,14,22-23,35H,12-13,15H2. The second kappa shape index (κ2) is 11.7. The fourth-order valence-corrected chi connectivity index (χ4v) is 3.29. The summed E-state index contributed by atoms with van der Waals surface area (Å²) >= 11 is 0. The van der Waals surface area contributed by atoms with Gasteiger partial charge in [0, 0.05) is 13.1 Å². The molecule has 12 heteroatoms. The van der Waals surface area contributed by atoms with Crippen LogP contribution < -0.4 is 14.4 Å². The molecule has 1 atom stereocenters. The van der Waals surface area contributed by atoms with Gasteiger partial charge in [-0.15, -0.1) is 0 Å². The molecule has 3 aromatic rings. The van der Waals surface area contributed by atoms with Crippen molar-refractivity contribution in [2.24, 2.45) is 0 Å². The molecule has 0 heterocycles. The highest BCUT2D eigenvalue weighted by Gasteiger charge is 2.44. The van der Waals surface area contributed by atoms with Gasteiger partial charge in [-0.2, -0.15) is 30.7 Å². The zero-order valence-corrected chi connectivity index (χ0v) is 18.9. The van der Waals surface area contributed by atoms with Crippen LogP contribution in [0.4, 0.5) is 40.8 Å². The molecule has 37 heavy (non-hydrogen) atoms. The fourth-order valence-electron chi connectivity index (χ4n) is 3.29. The maximum absolute atomic E-state index is 13.3. The molecule has 0 aliphatic heterocycles. The Morgan fingerprint density at radius 2 is 1.51 bits per heavy atom. The predicted octanol–water partition coefficient (Wildman–Crippen LogP) is 7.17. The lowest BCUT2D eigenvalue weighted by molar-refractivity contribution is -0.253. The number of nitrogens with zero attached hydrogens (tertiary/aromatic N) is 1. The van der Waals surface area contributed by atoms with Crippen LogP contribution in [0.2, 0.25) is 0 Å². The molecule has 3 aromatic carbocycles. The Kier molecular flexibility index (Phi) is 8.85. The molecule has 0 aromatic heterocycles. The van der Waals surface area contributed by atoms with Crippen LogP contribution in [-0.2, 0) is 6.54 Å². The van der Waals surface area contributed by atoms with E-state index in [9.17, 15) is 40.2 Å². The number of rotatable bonds is 11. The largest absolute Gasteiger partial charge is 0.461 e. The first kappa shape index (κ1) is 28.0. The minimum atomic E-state index is -4.87. The Balaban J connectivity index is 1.91. The monoisotopic (exact) mass is 535 g/mol. The number of aliphatic hydroxyl groups is 1. The molecular weight excluding hydrogens is 514 g/mol. The van der Waals surface area contributed by atoms with E-state index in [0.29, 0.717) is 0 Å². The first-order chi connectivity index (χ1) is 17.3. The lowest BCUT2D eigenvalue weighted by Gasteiger charge is -2.28. The summed E-state index contributed by atoms with van der Waals surface area (Å²) in [5.41, 5.74) is 0.506. The third-order valence-corrected chi connectivity index (χ3v) is 5.08. The van der Waals surface area contributed by atoms with E-state index >= 15 is 0 Å². The summed E-state index contributed by atoms with van der Waals surface area (Å²) in [6.07, 6.45) is -17.1. The molecule has 1 unspecified atom stereocenters. The smallest absolute Gasteiger partial charge is 0.455 e. The van der Waals surface area contributed by atoms with Crippen molar-refractivity contribution in [3.63, 3.8) is 0 Å². The Morgan fingerprint density at radius 1 is 0.838 bits per heavy atom. The summed E-state index contributed by atoms with van der Waals surface area (Å²) in [6, 6.07) is 15.9. The first-order valence-electron chi connectivity index (χ1n) is 10.8. The minimum absolute atomic E-state index is 0.173. The molecule has 0 spiro atoms. The molecule has 0 aliphatic carbocycles. The molecule has 3 rings (SSSR count). The lowest BCUT2D eigenvalue weighted by atomic mass is 10.1. The van der Waals surface area contributed by atoms with Crippen LogP contribution in [-0.4, -0.2) is 36.5 Å². The third-order valence-electron chi connectivity index (χ3n) is 5.08. The first-order valence-corrected chi connectivity index (χ1v) is 10.8. The number of para-hydroxylation sites is 2. The molecule has 0 saturated heterocycles. The Bertz CT molecular complexity index is 1160. The highest BCUT2D eigenvalue weighted by Crippen LogP contribution is 2.35. The van der Waals surface area contributed by atoms with Crippen LogP contribution >= 0.6 is 0 Å². The lowest BCUT2D eigenvalue weighted by Crippen LogP contribution is -2.34. The number of hydrogen-bond acceptors (Lipinski definition) is 4. The van der Waals surface area contributed by atoms with Crippen LogP contribution in [0.25, 0.3) is 0 Å². The van der Waals surface area contributed by atoms with E-state index in [-0.39, 0.29) is 35.8 Å². The predicted molar refractivity (Wildman–Crippen MR) is 119 cm³/mol. The van der Waals surface area contributed by atoms with E-state index in [4.69, 9.17) is 4.74 Å². The van der Waals surface area contributed by atoms with E-state index in [0.717, 1.165) is 24.3 Å². The van der Waals surface area contributed by atoms with Crippen molar-refractivity contribution in [2.75, 3.05) is 11.4 Å². The van der Waals surface area contributed by atoms with Gasteiger partial charge in [-0.1, -0.05) is 24.3 Å². The summed E-state index contributed by atoms with van der Waals surface area (Å²) in [6.45, 7) is -0.547. The van der Waals surface area contributed by atoms with Crippen molar-refractivity contribution in [3.8, 4) is 17.2 Å². The zero-order chi connectivity index (χ0) is 27.2. The van der Waals surface area contributed by atoms with Crippen molar-refractivity contribution in [3.05, 3.63) is 84.2 Å². The average Bonchev–Trinajstić information content (AvgIpc) is 2.82. The molecule has 0 amide bonds. The molecular formula is C25H21F8NO3. The SMILES string of the molecule is OC(CCN(Cc1cccc(OC(F)(F)C(F)F)c1)c1ccccc1Oc1ccc(F)cc1)C(F)(F)F. The van der Waals surface area contributed by atoms with Gasteiger partial charge in [0.05, 0.1) is 5.69 Å². The zero-order valence-electron chi connectivity index (χ0n) is 18.9. The Labute approximate surface area is 206 Å². The number of anilines is 1. The van der Waals surface area contributed by atoms with Crippen LogP contribution in [0.1, 0.15) is 12.0 Å². The van der Waals surface area contributed by atoms with Crippen molar-refractivity contribution in [1.29, 1.82) is 0 Å². The van der Waals surface area contributed by atoms with Gasteiger partial charge in [0.2, 0.25) is 0 Å². The fraction of sp³-hybridized carbons (Fsp3) is 0.280. The average molecular weight is 535 g/mol. The van der Waals surface area contributed by atoms with E-state index in [1.165, 1.54) is 41.3 Å². The van der Waals surface area contributed by atoms with Crippen molar-refractivity contribution in [1.82, 2.24) is 0 Å². The van der Waals surface area contributed by atoms with Gasteiger partial charge in [0.15, 0.2) is 11.9 Å². The molecule has 4 nitrogen and oxygen atoms in total. The van der Waals surface area contributed by atoms with Crippen molar-refractivity contribution < 1.29 is 49.7 Å². The van der Waals surface area contributed by atoms with E-state index in [1.807, 2.05) is 0 Å². The molecule has 0 fully saturated rings. The highest BCUT2D eigenvalue weighted by molar-refractivity contribution is 5.60. The van der Waals surface area contributed by atoms with Crippen LogP contribution in [0.5, 0.6) is 17.2 Å². The van der Waals surface area contributed by atoms with Gasteiger partial charge in [-0.25, -0.2) is 4.39 Å². The van der Waals surface area contributed by atoms with Gasteiger partial charge in [-0.05, 0) is 60.5 Å². The van der Waals surface area contributed by atoms with Gasteiger partial charge in [0.25, 0.3) is 0 Å². The van der Waals surface area contributed by atoms with E-state index in [1.54, 1.807) is 12.1 Å². The number of ether oxygens (including phenoxy) is 2. The number of halogens is 8. The van der Waals surface area contributed by atoms with Crippen LogP contribution in [0, 0.1) is 5.82 Å². The summed E-state index contributed by atoms with van der Waals surface area (Å²) < 4.78 is 114. The highest BCUT2D eigenvalue weighted by atomic mass is 19.4. The van der Waals surface area contributed by atoms with E-state index in [2.05, 4.69) is 4.74 Å². The normalized spacial score (nSPS) is 12.9. The number of hydrogen-bond donors (Lipinski definition) is 1. The number of benzene rings is 3. The molecule has 0 aliphatic rings. The second-order valence-corrected chi connectivity index (χ2v) is 7.90. The Morgan fingerprint density at radius 3 is 2.16 bits per heavy atom. The summed E-state index contributed by atoms with van der Waals surface area (Å²) in [5.74, 6) is -0.683. The van der Waals surface area contributed by atoms with E-state index < -0.39 is 42.8 Å². The Hall–Kier alpha value is -3.54. The van der Waals surface area contributed by atoms with Crippen molar-refractivity contribution in [2.45, 2.75) is 37.8 Å². The van der Waals surface area contributed by atoms with Crippen LogP contribution in [0.15, 0.2) is 72.8 Å². The van der Waals surface area contributed by atoms with Gasteiger partial charge < -0.3 is 19.5 Å². The third kappa shape index (κ3) is 7.97. The topological polar surface area (TPSA) is 41.9 Å². The molecule has 0 bridgehead atoms. The van der Waals surface area contributed by atoms with Crippen LogP contribution in [0.3, 0.4) is 0 Å². The van der Waals surface area contributed by atoms with Gasteiger partial charge in [-0.3, -0.25) is 0 Å². The number of alkyl halides is 7. The summed E-state index contributed by atoms with van der Waals surface area (Å²) in [7, 11) is 0. The summed E-state index contributed by atoms with van der Waals surface area (Å²) in [5, 5.41) is 9.51. The quantitative estimate of drug-likeness (QED) is 0.264.